The van der Waals surface area contributed by atoms with Crippen LogP contribution in [0.1, 0.15) is 52.9 Å². The van der Waals surface area contributed by atoms with Gasteiger partial charge in [-0.3, -0.25) is 0 Å². The molecule has 0 aromatic carbocycles. The van der Waals surface area contributed by atoms with E-state index in [9.17, 15) is 4.79 Å². The lowest BCUT2D eigenvalue weighted by molar-refractivity contribution is 0.0915. The highest BCUT2D eigenvalue weighted by atomic mass is 16.6. The highest BCUT2D eigenvalue weighted by molar-refractivity contribution is 5.67. The Kier molecular flexibility index (Phi) is 5.70. The largest absolute Gasteiger partial charge is 0.450 e. The molecule has 2 rings (SSSR count). The molecular weight excluding hydrogens is 252 g/mol. The second kappa shape index (κ2) is 7.30. The molecule has 2 fully saturated rings. The summed E-state index contributed by atoms with van der Waals surface area (Å²) in [6.45, 7) is 8.72. The van der Waals surface area contributed by atoms with Gasteiger partial charge in [-0.15, -0.1) is 0 Å². The summed E-state index contributed by atoms with van der Waals surface area (Å²) >= 11 is 0. The second-order valence-corrected chi connectivity index (χ2v) is 6.63. The summed E-state index contributed by atoms with van der Waals surface area (Å²) in [5, 5.41) is 3.85. The molecule has 0 aromatic rings. The Morgan fingerprint density at radius 2 is 1.90 bits per heavy atom. The van der Waals surface area contributed by atoms with Crippen LogP contribution in [0.3, 0.4) is 0 Å². The van der Waals surface area contributed by atoms with Crippen molar-refractivity contribution in [3.05, 3.63) is 0 Å². The lowest BCUT2D eigenvalue weighted by Crippen LogP contribution is -2.50. The number of hydrogen-bond donors (Lipinski definition) is 1. The van der Waals surface area contributed by atoms with E-state index >= 15 is 0 Å². The van der Waals surface area contributed by atoms with Crippen LogP contribution in [0.15, 0.2) is 0 Å². The van der Waals surface area contributed by atoms with Crippen LogP contribution in [0.25, 0.3) is 0 Å². The first-order valence-electron chi connectivity index (χ1n) is 8.27. The molecule has 20 heavy (non-hydrogen) atoms. The summed E-state index contributed by atoms with van der Waals surface area (Å²) in [4.78, 5) is 13.5. The molecule has 0 bridgehead atoms. The van der Waals surface area contributed by atoms with Gasteiger partial charge in [0.05, 0.1) is 6.61 Å². The van der Waals surface area contributed by atoms with E-state index in [0.717, 1.165) is 37.8 Å². The van der Waals surface area contributed by atoms with Crippen LogP contribution < -0.4 is 5.32 Å². The molecule has 0 aromatic heterocycles. The van der Waals surface area contributed by atoms with Crippen LogP contribution in [-0.2, 0) is 4.74 Å². The minimum atomic E-state index is -0.148. The fourth-order valence-corrected chi connectivity index (χ4v) is 3.51. The number of rotatable bonds is 3. The van der Waals surface area contributed by atoms with Crippen molar-refractivity contribution in [1.82, 2.24) is 10.2 Å². The molecule has 4 nitrogen and oxygen atoms in total. The minimum Gasteiger partial charge on any atom is -0.450 e. The smallest absolute Gasteiger partial charge is 0.409 e. The second-order valence-electron chi connectivity index (χ2n) is 6.63. The molecule has 3 atom stereocenters. The average Bonchev–Trinajstić information content (AvgIpc) is 2.44. The van der Waals surface area contributed by atoms with E-state index in [1.54, 1.807) is 0 Å². The number of nitrogens with one attached hydrogen (secondary N) is 1. The number of nitrogens with zero attached hydrogens (tertiary/aromatic N) is 1. The predicted octanol–water partition coefficient (Wildman–Crippen LogP) is 3.02. The number of piperidine rings is 1. The zero-order valence-electron chi connectivity index (χ0n) is 13.2. The van der Waals surface area contributed by atoms with Crippen molar-refractivity contribution in [2.45, 2.75) is 65.0 Å². The van der Waals surface area contributed by atoms with E-state index in [1.807, 2.05) is 11.8 Å². The van der Waals surface area contributed by atoms with E-state index in [1.165, 1.54) is 19.3 Å². The Bertz CT molecular complexity index is 314. The van der Waals surface area contributed by atoms with Crippen LogP contribution in [0, 0.1) is 11.8 Å². The monoisotopic (exact) mass is 282 g/mol. The Morgan fingerprint density at radius 1 is 1.20 bits per heavy atom. The minimum absolute atomic E-state index is 0.148. The third-order valence-electron chi connectivity index (χ3n) is 4.93. The Balaban J connectivity index is 1.75. The fraction of sp³-hybridized carbons (Fsp3) is 0.938. The van der Waals surface area contributed by atoms with Crippen molar-refractivity contribution in [1.29, 1.82) is 0 Å². The molecule has 1 aliphatic heterocycles. The highest BCUT2D eigenvalue weighted by Crippen LogP contribution is 2.29. The third kappa shape index (κ3) is 4.11. The first-order chi connectivity index (χ1) is 9.60. The molecule has 0 radical (unpaired) electrons. The van der Waals surface area contributed by atoms with Gasteiger partial charge in [0.25, 0.3) is 0 Å². The van der Waals surface area contributed by atoms with Crippen molar-refractivity contribution in [3.8, 4) is 0 Å². The number of carbonyl (C=O) groups is 1. The van der Waals surface area contributed by atoms with Gasteiger partial charge >= 0.3 is 6.09 Å². The third-order valence-corrected chi connectivity index (χ3v) is 4.93. The number of hydrogen-bond acceptors (Lipinski definition) is 3. The molecule has 0 spiro atoms. The molecule has 1 saturated heterocycles. The summed E-state index contributed by atoms with van der Waals surface area (Å²) in [6, 6.07) is 1.23. The molecule has 1 aliphatic carbocycles. The molecule has 1 heterocycles. The van der Waals surface area contributed by atoms with Gasteiger partial charge in [0.15, 0.2) is 0 Å². The van der Waals surface area contributed by atoms with Crippen LogP contribution in [0.4, 0.5) is 4.79 Å². The van der Waals surface area contributed by atoms with E-state index < -0.39 is 0 Å². The normalized spacial score (nSPS) is 32.1. The Morgan fingerprint density at radius 3 is 2.55 bits per heavy atom. The van der Waals surface area contributed by atoms with Crippen molar-refractivity contribution in [3.63, 3.8) is 0 Å². The van der Waals surface area contributed by atoms with Crippen LogP contribution in [0.2, 0.25) is 0 Å². The van der Waals surface area contributed by atoms with Gasteiger partial charge in [0.2, 0.25) is 0 Å². The molecule has 1 amide bonds. The average molecular weight is 282 g/mol. The quantitative estimate of drug-likeness (QED) is 0.865. The van der Waals surface area contributed by atoms with Crippen LogP contribution >= 0.6 is 0 Å². The summed E-state index contributed by atoms with van der Waals surface area (Å²) in [5.41, 5.74) is 0. The zero-order valence-corrected chi connectivity index (χ0v) is 13.2. The van der Waals surface area contributed by atoms with Gasteiger partial charge in [-0.25, -0.2) is 4.79 Å². The summed E-state index contributed by atoms with van der Waals surface area (Å²) < 4.78 is 5.06. The van der Waals surface area contributed by atoms with E-state index in [2.05, 4.69) is 19.2 Å². The lowest BCUT2D eigenvalue weighted by atomic mass is 9.79. The highest BCUT2D eigenvalue weighted by Gasteiger charge is 2.29. The van der Waals surface area contributed by atoms with Crippen LogP contribution in [0.5, 0.6) is 0 Å². The molecule has 1 saturated carbocycles. The topological polar surface area (TPSA) is 41.6 Å². The van der Waals surface area contributed by atoms with Crippen molar-refractivity contribution >= 4 is 6.09 Å². The SMILES string of the molecule is CCOC(=O)N1CCC(NC2CC(C)CCC2C)CC1. The van der Waals surface area contributed by atoms with Gasteiger partial charge in [-0.1, -0.05) is 20.3 Å². The number of amides is 1. The number of likely N-dealkylation sites (tertiary alicyclic amines) is 1. The van der Waals surface area contributed by atoms with Gasteiger partial charge in [-0.05, 0) is 44.4 Å². The van der Waals surface area contributed by atoms with E-state index in [-0.39, 0.29) is 6.09 Å². The fourth-order valence-electron chi connectivity index (χ4n) is 3.51. The summed E-state index contributed by atoms with van der Waals surface area (Å²) in [5.74, 6) is 1.64. The van der Waals surface area contributed by atoms with Gasteiger partial charge in [0.1, 0.15) is 0 Å². The predicted molar refractivity (Wildman–Crippen MR) is 80.7 cm³/mol. The van der Waals surface area contributed by atoms with E-state index in [4.69, 9.17) is 4.74 Å². The summed E-state index contributed by atoms with van der Waals surface area (Å²) in [6.07, 6.45) is 5.98. The van der Waals surface area contributed by atoms with Gasteiger partial charge in [0, 0.05) is 25.2 Å². The first-order valence-corrected chi connectivity index (χ1v) is 8.27. The molecule has 3 unspecified atom stereocenters. The maximum atomic E-state index is 11.7. The number of ether oxygens (including phenoxy) is 1. The van der Waals surface area contributed by atoms with Crippen LogP contribution in [-0.4, -0.2) is 42.8 Å². The maximum Gasteiger partial charge on any atom is 0.409 e. The Hall–Kier alpha value is -0.770. The van der Waals surface area contributed by atoms with Gasteiger partial charge < -0.3 is 15.0 Å². The zero-order chi connectivity index (χ0) is 14.5. The molecular formula is C16H30N2O2. The standard InChI is InChI=1S/C16H30N2O2/c1-4-20-16(19)18-9-7-14(8-10-18)17-15-11-12(2)5-6-13(15)3/h12-15,17H,4-11H2,1-3H3. The van der Waals surface area contributed by atoms with E-state index in [0.29, 0.717) is 18.7 Å². The Labute approximate surface area is 123 Å². The lowest BCUT2D eigenvalue weighted by Gasteiger charge is -2.39. The van der Waals surface area contributed by atoms with Gasteiger partial charge in [-0.2, -0.15) is 0 Å². The van der Waals surface area contributed by atoms with Crippen molar-refractivity contribution < 1.29 is 9.53 Å². The van der Waals surface area contributed by atoms with Crippen molar-refractivity contribution in [2.75, 3.05) is 19.7 Å². The first kappa shape index (κ1) is 15.6. The molecule has 2 aliphatic rings. The molecule has 116 valence electrons. The van der Waals surface area contributed by atoms with Crippen molar-refractivity contribution in [2.24, 2.45) is 11.8 Å². The summed E-state index contributed by atoms with van der Waals surface area (Å²) in [7, 11) is 0. The maximum absolute atomic E-state index is 11.7. The molecule has 4 heteroatoms. The molecule has 1 N–H and O–H groups in total. The number of carbonyl (C=O) groups excluding carboxylic acids is 1.